The summed E-state index contributed by atoms with van der Waals surface area (Å²) in [6.07, 6.45) is 3.73. The Hall–Kier alpha value is -2.04. The average Bonchev–Trinajstić information content (AvgIpc) is 2.73. The molecule has 28 heavy (non-hydrogen) atoms. The number of para-hydroxylation sites is 1. The number of hydrogen-bond acceptors (Lipinski definition) is 4. The van der Waals surface area contributed by atoms with Crippen molar-refractivity contribution in [1.29, 1.82) is 0 Å². The van der Waals surface area contributed by atoms with Gasteiger partial charge in [0.2, 0.25) is 0 Å². The molecule has 0 bridgehead atoms. The molecule has 1 fully saturated rings. The third kappa shape index (κ3) is 5.98. The molecule has 152 valence electrons. The van der Waals surface area contributed by atoms with Crippen LogP contribution < -0.4 is 9.47 Å². The van der Waals surface area contributed by atoms with Crippen molar-refractivity contribution < 1.29 is 9.47 Å². The fourth-order valence-electron chi connectivity index (χ4n) is 4.21. The predicted molar refractivity (Wildman–Crippen MR) is 115 cm³/mol. The summed E-state index contributed by atoms with van der Waals surface area (Å²) in [4.78, 5) is 5.07. The van der Waals surface area contributed by atoms with E-state index in [4.69, 9.17) is 9.47 Å². The summed E-state index contributed by atoms with van der Waals surface area (Å²) in [5.74, 6) is 2.66. The molecule has 2 aromatic carbocycles. The zero-order valence-electron chi connectivity index (χ0n) is 17.6. The maximum absolute atomic E-state index is 5.50. The standard InChI is InChI=1S/C24H34N2O2/c1-25(19-22-8-4-5-9-24(22)28-3)17-21-7-6-15-26(18-21)16-14-20-10-12-23(27-2)13-11-20/h4-5,8-13,21H,6-7,14-19H2,1-3H3/t21-/m1/s1. The van der Waals surface area contributed by atoms with E-state index in [2.05, 4.69) is 53.2 Å². The number of ether oxygens (including phenoxy) is 2. The second-order valence-electron chi connectivity index (χ2n) is 7.92. The van der Waals surface area contributed by atoms with Crippen LogP contribution in [0.3, 0.4) is 0 Å². The summed E-state index contributed by atoms with van der Waals surface area (Å²) >= 11 is 0. The molecule has 1 saturated heterocycles. The SMILES string of the molecule is COc1ccc(CCN2CCC[C@H](CN(C)Cc3ccccc3OC)C2)cc1. The molecule has 0 unspecified atom stereocenters. The molecule has 0 N–H and O–H groups in total. The Morgan fingerprint density at radius 3 is 2.57 bits per heavy atom. The Bertz CT molecular complexity index is 717. The number of rotatable bonds is 9. The minimum atomic E-state index is 0.740. The lowest BCUT2D eigenvalue weighted by Crippen LogP contribution is -2.40. The highest BCUT2D eigenvalue weighted by molar-refractivity contribution is 5.33. The lowest BCUT2D eigenvalue weighted by Gasteiger charge is -2.35. The fraction of sp³-hybridized carbons (Fsp3) is 0.500. The van der Waals surface area contributed by atoms with Gasteiger partial charge in [0, 0.05) is 31.7 Å². The first-order valence-corrected chi connectivity index (χ1v) is 10.3. The zero-order valence-corrected chi connectivity index (χ0v) is 17.6. The predicted octanol–water partition coefficient (Wildman–Crippen LogP) is 4.09. The van der Waals surface area contributed by atoms with E-state index < -0.39 is 0 Å². The van der Waals surface area contributed by atoms with E-state index in [9.17, 15) is 0 Å². The molecule has 0 amide bonds. The number of likely N-dealkylation sites (tertiary alicyclic amines) is 1. The Labute approximate surface area is 170 Å². The largest absolute Gasteiger partial charge is 0.497 e. The maximum atomic E-state index is 5.50. The second kappa shape index (κ2) is 10.5. The van der Waals surface area contributed by atoms with Gasteiger partial charge in [-0.25, -0.2) is 0 Å². The number of nitrogens with zero attached hydrogens (tertiary/aromatic N) is 2. The molecule has 0 radical (unpaired) electrons. The number of methoxy groups -OCH3 is 2. The van der Waals surface area contributed by atoms with Crippen LogP contribution in [0, 0.1) is 5.92 Å². The van der Waals surface area contributed by atoms with Crippen LogP contribution in [0.4, 0.5) is 0 Å². The highest BCUT2D eigenvalue weighted by Gasteiger charge is 2.21. The first kappa shape index (κ1) is 20.7. The van der Waals surface area contributed by atoms with E-state index in [1.807, 2.05) is 12.1 Å². The van der Waals surface area contributed by atoms with Crippen LogP contribution >= 0.6 is 0 Å². The maximum Gasteiger partial charge on any atom is 0.123 e. The van der Waals surface area contributed by atoms with Crippen LogP contribution in [-0.4, -0.2) is 57.2 Å². The molecule has 4 heteroatoms. The first-order valence-electron chi connectivity index (χ1n) is 10.3. The second-order valence-corrected chi connectivity index (χ2v) is 7.92. The van der Waals surface area contributed by atoms with E-state index in [1.54, 1.807) is 14.2 Å². The monoisotopic (exact) mass is 382 g/mol. The third-order valence-corrected chi connectivity index (χ3v) is 5.68. The van der Waals surface area contributed by atoms with Gasteiger partial charge < -0.3 is 19.3 Å². The number of benzene rings is 2. The third-order valence-electron chi connectivity index (χ3n) is 5.68. The number of piperidine rings is 1. The molecule has 1 atom stereocenters. The van der Waals surface area contributed by atoms with Gasteiger partial charge in [-0.1, -0.05) is 30.3 Å². The highest BCUT2D eigenvalue weighted by Crippen LogP contribution is 2.22. The van der Waals surface area contributed by atoms with Crippen molar-refractivity contribution in [2.45, 2.75) is 25.8 Å². The van der Waals surface area contributed by atoms with Gasteiger partial charge in [-0.2, -0.15) is 0 Å². The number of hydrogen-bond donors (Lipinski definition) is 0. The molecule has 0 aromatic heterocycles. The van der Waals surface area contributed by atoms with Crippen molar-refractivity contribution in [3.05, 3.63) is 59.7 Å². The minimum absolute atomic E-state index is 0.740. The summed E-state index contributed by atoms with van der Waals surface area (Å²) in [6, 6.07) is 16.8. The van der Waals surface area contributed by atoms with Crippen molar-refractivity contribution >= 4 is 0 Å². The molecule has 1 aliphatic heterocycles. The molecular weight excluding hydrogens is 348 g/mol. The van der Waals surface area contributed by atoms with Crippen LogP contribution in [0.2, 0.25) is 0 Å². The van der Waals surface area contributed by atoms with Crippen molar-refractivity contribution in [2.75, 3.05) is 47.4 Å². The molecule has 4 nitrogen and oxygen atoms in total. The van der Waals surface area contributed by atoms with E-state index in [0.29, 0.717) is 0 Å². The fourth-order valence-corrected chi connectivity index (χ4v) is 4.21. The lowest BCUT2D eigenvalue weighted by atomic mass is 9.97. The Kier molecular flexibility index (Phi) is 7.75. The van der Waals surface area contributed by atoms with Gasteiger partial charge >= 0.3 is 0 Å². The normalized spacial score (nSPS) is 17.6. The Balaban J connectivity index is 1.46. The lowest BCUT2D eigenvalue weighted by molar-refractivity contribution is 0.142. The zero-order chi connectivity index (χ0) is 19.8. The van der Waals surface area contributed by atoms with Crippen molar-refractivity contribution in [2.24, 2.45) is 5.92 Å². The first-order chi connectivity index (χ1) is 13.7. The van der Waals surface area contributed by atoms with Crippen LogP contribution in [0.1, 0.15) is 24.0 Å². The summed E-state index contributed by atoms with van der Waals surface area (Å²) in [6.45, 7) is 5.64. The minimum Gasteiger partial charge on any atom is -0.497 e. The van der Waals surface area contributed by atoms with Crippen LogP contribution in [0.25, 0.3) is 0 Å². The van der Waals surface area contributed by atoms with Gasteiger partial charge in [-0.3, -0.25) is 0 Å². The molecular formula is C24H34N2O2. The molecule has 0 saturated carbocycles. The van der Waals surface area contributed by atoms with Crippen LogP contribution in [0.15, 0.2) is 48.5 Å². The van der Waals surface area contributed by atoms with Crippen molar-refractivity contribution in [1.82, 2.24) is 9.80 Å². The molecule has 1 aliphatic rings. The highest BCUT2D eigenvalue weighted by atomic mass is 16.5. The van der Waals surface area contributed by atoms with Gasteiger partial charge in [-0.15, -0.1) is 0 Å². The van der Waals surface area contributed by atoms with Crippen LogP contribution in [-0.2, 0) is 13.0 Å². The van der Waals surface area contributed by atoms with E-state index in [1.165, 1.54) is 37.1 Å². The van der Waals surface area contributed by atoms with Crippen molar-refractivity contribution in [3.63, 3.8) is 0 Å². The van der Waals surface area contributed by atoms with E-state index in [-0.39, 0.29) is 0 Å². The smallest absolute Gasteiger partial charge is 0.123 e. The molecule has 0 aliphatic carbocycles. The van der Waals surface area contributed by atoms with Gasteiger partial charge in [-0.05, 0) is 62.5 Å². The van der Waals surface area contributed by atoms with Gasteiger partial charge in [0.1, 0.15) is 11.5 Å². The molecule has 3 rings (SSSR count). The van der Waals surface area contributed by atoms with E-state index in [0.717, 1.165) is 43.5 Å². The van der Waals surface area contributed by atoms with Gasteiger partial charge in [0.25, 0.3) is 0 Å². The summed E-state index contributed by atoms with van der Waals surface area (Å²) in [5.41, 5.74) is 2.65. The summed E-state index contributed by atoms with van der Waals surface area (Å²) in [7, 11) is 5.69. The van der Waals surface area contributed by atoms with Crippen molar-refractivity contribution in [3.8, 4) is 11.5 Å². The molecule has 1 heterocycles. The topological polar surface area (TPSA) is 24.9 Å². The van der Waals surface area contributed by atoms with Gasteiger partial charge in [0.05, 0.1) is 14.2 Å². The molecule has 2 aromatic rings. The average molecular weight is 383 g/mol. The van der Waals surface area contributed by atoms with Gasteiger partial charge in [0.15, 0.2) is 0 Å². The molecule has 0 spiro atoms. The van der Waals surface area contributed by atoms with E-state index >= 15 is 0 Å². The van der Waals surface area contributed by atoms with Crippen LogP contribution in [0.5, 0.6) is 11.5 Å². The summed E-state index contributed by atoms with van der Waals surface area (Å²) < 4.78 is 10.7. The Morgan fingerprint density at radius 2 is 1.82 bits per heavy atom. The Morgan fingerprint density at radius 1 is 1.04 bits per heavy atom. The quantitative estimate of drug-likeness (QED) is 0.652. The summed E-state index contributed by atoms with van der Waals surface area (Å²) in [5, 5.41) is 0.